The van der Waals surface area contributed by atoms with Crippen LogP contribution in [0.5, 0.6) is 0 Å². The predicted molar refractivity (Wildman–Crippen MR) is 147 cm³/mol. The van der Waals surface area contributed by atoms with Crippen LogP contribution in [0.1, 0.15) is 36.5 Å². The van der Waals surface area contributed by atoms with Crippen molar-refractivity contribution in [2.24, 2.45) is 0 Å². The number of carbonyl (C=O) groups excluding carboxylic acids is 2. The third kappa shape index (κ3) is 8.38. The molecule has 0 unspecified atom stereocenters. The smallest absolute Gasteiger partial charge is 0.243 e. The Balaban J connectivity index is 1.95. The van der Waals surface area contributed by atoms with Crippen LogP contribution in [0.15, 0.2) is 77.3 Å². The molecule has 3 aromatic carbocycles. The SMILES string of the molecule is CCCCNC(=O)[C@@H](Cc1ccccc1)N(Cc1ccc(Br)cc1)C(=O)Cc1ccc(Cl)cc1Cl. The molecular weight excluding hydrogens is 547 g/mol. The minimum Gasteiger partial charge on any atom is -0.354 e. The lowest BCUT2D eigenvalue weighted by molar-refractivity contribution is -0.140. The monoisotopic (exact) mass is 574 g/mol. The fourth-order valence-corrected chi connectivity index (χ4v) is 4.52. The third-order valence-corrected chi connectivity index (χ3v) is 6.84. The summed E-state index contributed by atoms with van der Waals surface area (Å²) in [5, 5.41) is 3.97. The van der Waals surface area contributed by atoms with Gasteiger partial charge >= 0.3 is 0 Å². The largest absolute Gasteiger partial charge is 0.354 e. The lowest BCUT2D eigenvalue weighted by Crippen LogP contribution is -2.51. The van der Waals surface area contributed by atoms with E-state index in [0.29, 0.717) is 35.1 Å². The Labute approximate surface area is 225 Å². The van der Waals surface area contributed by atoms with Gasteiger partial charge < -0.3 is 10.2 Å². The predicted octanol–water partition coefficient (Wildman–Crippen LogP) is 6.85. The molecule has 4 nitrogen and oxygen atoms in total. The molecule has 0 aliphatic rings. The maximum atomic E-state index is 13.7. The van der Waals surface area contributed by atoms with Crippen molar-refractivity contribution < 1.29 is 9.59 Å². The summed E-state index contributed by atoms with van der Waals surface area (Å²) in [6.45, 7) is 2.95. The van der Waals surface area contributed by atoms with Crippen LogP contribution < -0.4 is 5.32 Å². The number of hydrogen-bond donors (Lipinski definition) is 1. The van der Waals surface area contributed by atoms with E-state index in [1.54, 1.807) is 23.1 Å². The number of nitrogens with one attached hydrogen (secondary N) is 1. The standard InChI is InChI=1S/C28H29BrCl2N2O2/c1-2-3-15-32-28(35)26(16-20-7-5-4-6-8-20)33(19-21-9-12-23(29)13-10-21)27(34)17-22-11-14-24(30)18-25(22)31/h4-14,18,26H,2-3,15-17,19H2,1H3,(H,32,35)/t26-/m1/s1. The summed E-state index contributed by atoms with van der Waals surface area (Å²) in [7, 11) is 0. The number of carbonyl (C=O) groups is 2. The molecule has 184 valence electrons. The first kappa shape index (κ1) is 27.3. The fraction of sp³-hybridized carbons (Fsp3) is 0.286. The number of nitrogens with zero attached hydrogens (tertiary/aromatic N) is 1. The van der Waals surface area contributed by atoms with Gasteiger partial charge in [0.15, 0.2) is 0 Å². The Hall–Kier alpha value is -2.34. The van der Waals surface area contributed by atoms with E-state index in [-0.39, 0.29) is 18.2 Å². The van der Waals surface area contributed by atoms with E-state index in [2.05, 4.69) is 28.2 Å². The lowest BCUT2D eigenvalue weighted by Gasteiger charge is -2.32. The van der Waals surface area contributed by atoms with Gasteiger partial charge in [-0.2, -0.15) is 0 Å². The highest BCUT2D eigenvalue weighted by molar-refractivity contribution is 9.10. The Morgan fingerprint density at radius 1 is 0.971 bits per heavy atom. The average Bonchev–Trinajstić information content (AvgIpc) is 2.85. The molecule has 0 aliphatic heterocycles. The molecule has 0 bridgehead atoms. The van der Waals surface area contributed by atoms with E-state index in [9.17, 15) is 9.59 Å². The van der Waals surface area contributed by atoms with Crippen LogP contribution in [0.25, 0.3) is 0 Å². The van der Waals surface area contributed by atoms with Crippen LogP contribution >= 0.6 is 39.1 Å². The van der Waals surface area contributed by atoms with Gasteiger partial charge in [0, 0.05) is 34.0 Å². The Kier molecular flexibility index (Phi) is 10.6. The second-order valence-electron chi connectivity index (χ2n) is 8.41. The highest BCUT2D eigenvalue weighted by atomic mass is 79.9. The molecule has 0 radical (unpaired) electrons. The molecule has 1 N–H and O–H groups in total. The number of benzene rings is 3. The van der Waals surface area contributed by atoms with Crippen molar-refractivity contribution in [2.45, 2.75) is 45.2 Å². The summed E-state index contributed by atoms with van der Waals surface area (Å²) in [6, 6.07) is 22.0. The highest BCUT2D eigenvalue weighted by Crippen LogP contribution is 2.24. The van der Waals surface area contributed by atoms with Crippen molar-refractivity contribution in [3.05, 3.63) is 104 Å². The molecule has 35 heavy (non-hydrogen) atoms. The van der Waals surface area contributed by atoms with Crippen LogP contribution in [-0.2, 0) is 29.0 Å². The highest BCUT2D eigenvalue weighted by Gasteiger charge is 2.30. The van der Waals surface area contributed by atoms with Crippen LogP contribution in [0.4, 0.5) is 0 Å². The molecular formula is C28H29BrCl2N2O2. The summed E-state index contributed by atoms with van der Waals surface area (Å²) in [6.07, 6.45) is 2.33. The zero-order chi connectivity index (χ0) is 25.2. The van der Waals surface area contributed by atoms with Gasteiger partial charge in [0.1, 0.15) is 6.04 Å². The summed E-state index contributed by atoms with van der Waals surface area (Å²) < 4.78 is 0.949. The second-order valence-corrected chi connectivity index (χ2v) is 10.2. The minimum atomic E-state index is -0.670. The van der Waals surface area contributed by atoms with Gasteiger partial charge in [-0.15, -0.1) is 0 Å². The Morgan fingerprint density at radius 3 is 2.34 bits per heavy atom. The summed E-state index contributed by atoms with van der Waals surface area (Å²) in [5.41, 5.74) is 2.59. The van der Waals surface area contributed by atoms with E-state index in [1.807, 2.05) is 54.6 Å². The van der Waals surface area contributed by atoms with Gasteiger partial charge in [-0.3, -0.25) is 9.59 Å². The first-order valence-corrected chi connectivity index (χ1v) is 13.2. The van der Waals surface area contributed by atoms with Crippen LogP contribution in [0.3, 0.4) is 0 Å². The zero-order valence-corrected chi connectivity index (χ0v) is 22.7. The van der Waals surface area contributed by atoms with Crippen molar-refractivity contribution in [2.75, 3.05) is 6.54 Å². The van der Waals surface area contributed by atoms with Crippen molar-refractivity contribution in [1.29, 1.82) is 0 Å². The maximum absolute atomic E-state index is 13.7. The summed E-state index contributed by atoms with van der Waals surface area (Å²) in [5.74, 6) is -0.335. The third-order valence-electron chi connectivity index (χ3n) is 5.72. The molecule has 7 heteroatoms. The van der Waals surface area contributed by atoms with Gasteiger partial charge in [0.05, 0.1) is 6.42 Å². The number of halogens is 3. The number of unbranched alkanes of at least 4 members (excludes halogenated alkanes) is 1. The Morgan fingerprint density at radius 2 is 1.69 bits per heavy atom. The summed E-state index contributed by atoms with van der Waals surface area (Å²) >= 11 is 15.9. The fourth-order valence-electron chi connectivity index (χ4n) is 3.78. The van der Waals surface area contributed by atoms with E-state index in [1.165, 1.54) is 0 Å². The van der Waals surface area contributed by atoms with Gasteiger partial charge in [-0.1, -0.05) is 101 Å². The van der Waals surface area contributed by atoms with Crippen molar-refractivity contribution in [3.8, 4) is 0 Å². The van der Waals surface area contributed by atoms with Crippen molar-refractivity contribution in [1.82, 2.24) is 10.2 Å². The molecule has 3 rings (SSSR count). The van der Waals surface area contributed by atoms with Crippen LogP contribution in [0, 0.1) is 0 Å². The maximum Gasteiger partial charge on any atom is 0.243 e. The lowest BCUT2D eigenvalue weighted by atomic mass is 10.0. The number of hydrogen-bond acceptors (Lipinski definition) is 2. The molecule has 0 saturated heterocycles. The van der Waals surface area contributed by atoms with Gasteiger partial charge in [0.2, 0.25) is 11.8 Å². The van der Waals surface area contributed by atoms with Gasteiger partial charge in [-0.25, -0.2) is 0 Å². The first-order valence-electron chi connectivity index (χ1n) is 11.7. The molecule has 0 spiro atoms. The summed E-state index contributed by atoms with van der Waals surface area (Å²) in [4.78, 5) is 28.8. The van der Waals surface area contributed by atoms with E-state index in [4.69, 9.17) is 23.2 Å². The number of rotatable bonds is 11. The topological polar surface area (TPSA) is 49.4 Å². The molecule has 3 aromatic rings. The molecule has 0 fully saturated rings. The van der Waals surface area contributed by atoms with E-state index < -0.39 is 6.04 Å². The first-order chi connectivity index (χ1) is 16.9. The molecule has 0 heterocycles. The Bertz CT molecular complexity index is 1120. The van der Waals surface area contributed by atoms with Crippen molar-refractivity contribution >= 4 is 50.9 Å². The molecule has 0 aromatic heterocycles. The molecule has 1 atom stereocenters. The second kappa shape index (κ2) is 13.7. The quantitative estimate of drug-likeness (QED) is 0.254. The van der Waals surface area contributed by atoms with Crippen LogP contribution in [0.2, 0.25) is 10.0 Å². The van der Waals surface area contributed by atoms with E-state index >= 15 is 0 Å². The molecule has 2 amide bonds. The van der Waals surface area contributed by atoms with Crippen LogP contribution in [-0.4, -0.2) is 29.3 Å². The van der Waals surface area contributed by atoms with Gasteiger partial charge in [-0.05, 0) is 47.4 Å². The zero-order valence-electron chi connectivity index (χ0n) is 19.6. The molecule has 0 aliphatic carbocycles. The normalized spacial score (nSPS) is 11.7. The van der Waals surface area contributed by atoms with Gasteiger partial charge in [0.25, 0.3) is 0 Å². The molecule has 0 saturated carbocycles. The average molecular weight is 576 g/mol. The van der Waals surface area contributed by atoms with E-state index in [0.717, 1.165) is 28.4 Å². The van der Waals surface area contributed by atoms with Crippen molar-refractivity contribution in [3.63, 3.8) is 0 Å². The number of amides is 2. The minimum absolute atomic E-state index is 0.0695.